The summed E-state index contributed by atoms with van der Waals surface area (Å²) < 4.78 is 38.5. The van der Waals surface area contributed by atoms with Gasteiger partial charge in [0.05, 0.1) is 0 Å². The summed E-state index contributed by atoms with van der Waals surface area (Å²) in [7, 11) is -4.33. The zero-order valence-electron chi connectivity index (χ0n) is 14.3. The number of hydrogen-bond donors (Lipinski definition) is 2. The highest BCUT2D eigenvalue weighted by atomic mass is 32.2. The lowest BCUT2D eigenvalue weighted by atomic mass is 10.1. The Kier molecular flexibility index (Phi) is 6.84. The van der Waals surface area contributed by atoms with E-state index in [-0.39, 0.29) is 16.4 Å². The highest BCUT2D eigenvalue weighted by Gasteiger charge is 2.17. The fourth-order valence-corrected chi connectivity index (χ4v) is 3.41. The summed E-state index contributed by atoms with van der Waals surface area (Å²) in [4.78, 5) is -0.124. The lowest BCUT2D eigenvalue weighted by Gasteiger charge is -2.11. The van der Waals surface area contributed by atoms with Crippen LogP contribution in [0, 0.1) is 0 Å². The molecule has 2 N–H and O–H groups in total. The molecular weight excluding hydrogens is 340 g/mol. The molecule has 0 saturated heterocycles. The normalized spacial score (nSPS) is 11.4. The number of aryl methyl sites for hydroxylation is 1. The number of ether oxygens (including phenoxy) is 1. The van der Waals surface area contributed by atoms with Crippen molar-refractivity contribution in [2.45, 2.75) is 50.3 Å². The molecule has 0 amide bonds. The molecule has 0 heterocycles. The molecule has 25 heavy (non-hydrogen) atoms. The van der Waals surface area contributed by atoms with Gasteiger partial charge in [0.1, 0.15) is 22.1 Å². The first kappa shape index (κ1) is 19.3. The quantitative estimate of drug-likeness (QED) is 0.486. The van der Waals surface area contributed by atoms with E-state index in [1.54, 1.807) is 24.3 Å². The third-order valence-electron chi connectivity index (χ3n) is 3.92. The van der Waals surface area contributed by atoms with Gasteiger partial charge >= 0.3 is 0 Å². The molecule has 0 bridgehead atoms. The summed E-state index contributed by atoms with van der Waals surface area (Å²) in [5.74, 6) is 0.720. The Balaban J connectivity index is 2.16. The third kappa shape index (κ3) is 6.07. The first-order valence-electron chi connectivity index (χ1n) is 8.47. The second-order valence-electron chi connectivity index (χ2n) is 6.01. The number of phenolic OH excluding ortho intramolecular Hbond substituents is 1. The molecule has 0 aromatic heterocycles. The summed E-state index contributed by atoms with van der Waals surface area (Å²) in [6.45, 7) is 2.14. The molecule has 2 aromatic rings. The Morgan fingerprint density at radius 3 is 2.36 bits per heavy atom. The van der Waals surface area contributed by atoms with Gasteiger partial charge in [-0.3, -0.25) is 4.55 Å². The number of benzene rings is 2. The molecule has 0 radical (unpaired) electrons. The van der Waals surface area contributed by atoms with E-state index in [9.17, 15) is 18.1 Å². The molecule has 0 aliphatic heterocycles. The van der Waals surface area contributed by atoms with Crippen molar-refractivity contribution < 1.29 is 22.8 Å². The Labute approximate surface area is 149 Å². The van der Waals surface area contributed by atoms with Crippen LogP contribution in [-0.4, -0.2) is 18.1 Å². The maximum absolute atomic E-state index is 11.7. The minimum Gasteiger partial charge on any atom is -0.508 e. The molecule has 136 valence electrons. The number of phenols is 1. The predicted molar refractivity (Wildman–Crippen MR) is 96.9 cm³/mol. The van der Waals surface area contributed by atoms with Gasteiger partial charge in [-0.25, -0.2) is 0 Å². The monoisotopic (exact) mass is 364 g/mol. The lowest BCUT2D eigenvalue weighted by molar-refractivity contribution is 0.452. The minimum atomic E-state index is -4.33. The first-order valence-corrected chi connectivity index (χ1v) is 9.91. The van der Waals surface area contributed by atoms with E-state index < -0.39 is 10.1 Å². The second kappa shape index (κ2) is 8.87. The molecule has 0 spiro atoms. The minimum absolute atomic E-state index is 0.0520. The molecule has 2 aromatic carbocycles. The van der Waals surface area contributed by atoms with Crippen LogP contribution in [0.2, 0.25) is 0 Å². The fraction of sp³-hybridized carbons (Fsp3) is 0.368. The average Bonchev–Trinajstić information content (AvgIpc) is 2.55. The molecule has 0 atom stereocenters. The third-order valence-corrected chi connectivity index (χ3v) is 4.86. The zero-order valence-corrected chi connectivity index (χ0v) is 15.1. The Morgan fingerprint density at radius 1 is 0.960 bits per heavy atom. The smallest absolute Gasteiger partial charge is 0.294 e. The summed E-state index contributed by atoms with van der Waals surface area (Å²) in [5.41, 5.74) is 0.585. The van der Waals surface area contributed by atoms with Gasteiger partial charge in [-0.2, -0.15) is 8.42 Å². The predicted octanol–water partition coefficient (Wildman–Crippen LogP) is 4.94. The van der Waals surface area contributed by atoms with Gasteiger partial charge in [0.25, 0.3) is 10.1 Å². The van der Waals surface area contributed by atoms with Crippen molar-refractivity contribution in [1.29, 1.82) is 0 Å². The summed E-state index contributed by atoms with van der Waals surface area (Å²) in [5, 5.41) is 9.46. The Hall–Kier alpha value is -2.05. The molecule has 5 nitrogen and oxygen atoms in total. The number of rotatable bonds is 9. The van der Waals surface area contributed by atoms with Crippen molar-refractivity contribution in [1.82, 2.24) is 0 Å². The van der Waals surface area contributed by atoms with Crippen molar-refractivity contribution in [3.05, 3.63) is 48.0 Å². The second-order valence-corrected chi connectivity index (χ2v) is 7.40. The standard InChI is InChI=1S/C19H24O5S/c1-2-3-4-5-6-8-15-11-12-18(14-19(15)25(21,22)23)24-17-10-7-9-16(20)13-17/h7,9-14,20H,2-6,8H2,1H3,(H,21,22,23). The maximum Gasteiger partial charge on any atom is 0.294 e. The molecule has 2 rings (SSSR count). The zero-order chi connectivity index (χ0) is 18.3. The van der Waals surface area contributed by atoms with Gasteiger partial charge in [0.2, 0.25) is 0 Å². The van der Waals surface area contributed by atoms with Gasteiger partial charge in [0, 0.05) is 12.1 Å². The molecule has 0 saturated carbocycles. The van der Waals surface area contributed by atoms with Crippen LogP contribution in [0.3, 0.4) is 0 Å². The van der Waals surface area contributed by atoms with Crippen molar-refractivity contribution in [3.8, 4) is 17.2 Å². The van der Waals surface area contributed by atoms with E-state index in [2.05, 4.69) is 6.92 Å². The van der Waals surface area contributed by atoms with Crippen molar-refractivity contribution in [3.63, 3.8) is 0 Å². The number of hydrogen-bond acceptors (Lipinski definition) is 4. The van der Waals surface area contributed by atoms with Crippen molar-refractivity contribution in [2.24, 2.45) is 0 Å². The van der Waals surface area contributed by atoms with E-state index in [1.165, 1.54) is 24.6 Å². The number of aromatic hydroxyl groups is 1. The summed E-state index contributed by atoms with van der Waals surface area (Å²) in [6.07, 6.45) is 5.93. The van der Waals surface area contributed by atoms with E-state index in [0.717, 1.165) is 25.7 Å². The summed E-state index contributed by atoms with van der Waals surface area (Å²) >= 11 is 0. The molecule has 0 aliphatic carbocycles. The largest absolute Gasteiger partial charge is 0.508 e. The van der Waals surface area contributed by atoms with Crippen LogP contribution in [0.5, 0.6) is 17.2 Å². The van der Waals surface area contributed by atoms with Crippen LogP contribution in [0.25, 0.3) is 0 Å². The van der Waals surface area contributed by atoms with Crippen LogP contribution in [0.1, 0.15) is 44.6 Å². The van der Waals surface area contributed by atoms with Crippen LogP contribution in [0.15, 0.2) is 47.4 Å². The van der Waals surface area contributed by atoms with Crippen molar-refractivity contribution >= 4 is 10.1 Å². The van der Waals surface area contributed by atoms with Gasteiger partial charge < -0.3 is 9.84 Å². The fourth-order valence-electron chi connectivity index (χ4n) is 2.65. The summed E-state index contributed by atoms with van der Waals surface area (Å²) in [6, 6.07) is 10.9. The maximum atomic E-state index is 11.7. The van der Waals surface area contributed by atoms with E-state index in [1.807, 2.05) is 0 Å². The van der Waals surface area contributed by atoms with Gasteiger partial charge in [-0.05, 0) is 36.6 Å². The molecule has 0 aliphatic rings. The van der Waals surface area contributed by atoms with Crippen LogP contribution >= 0.6 is 0 Å². The first-order chi connectivity index (χ1) is 11.9. The lowest BCUT2D eigenvalue weighted by Crippen LogP contribution is -2.04. The molecule has 0 fully saturated rings. The van der Waals surface area contributed by atoms with E-state index in [0.29, 0.717) is 17.7 Å². The SMILES string of the molecule is CCCCCCCc1ccc(Oc2cccc(O)c2)cc1S(=O)(=O)O. The van der Waals surface area contributed by atoms with Gasteiger partial charge in [0.15, 0.2) is 0 Å². The number of unbranched alkanes of at least 4 members (excludes halogenated alkanes) is 4. The van der Waals surface area contributed by atoms with E-state index >= 15 is 0 Å². The molecule has 6 heteroatoms. The van der Waals surface area contributed by atoms with Gasteiger partial charge in [-0.15, -0.1) is 0 Å². The highest BCUT2D eigenvalue weighted by molar-refractivity contribution is 7.85. The molecular formula is C19H24O5S. The average molecular weight is 364 g/mol. The van der Waals surface area contributed by atoms with Crippen LogP contribution < -0.4 is 4.74 Å². The molecule has 0 unspecified atom stereocenters. The van der Waals surface area contributed by atoms with Crippen LogP contribution in [-0.2, 0) is 16.5 Å². The Morgan fingerprint density at radius 2 is 1.68 bits per heavy atom. The van der Waals surface area contributed by atoms with Gasteiger partial charge in [-0.1, -0.05) is 44.7 Å². The topological polar surface area (TPSA) is 83.8 Å². The van der Waals surface area contributed by atoms with Crippen LogP contribution in [0.4, 0.5) is 0 Å². The van der Waals surface area contributed by atoms with Crippen molar-refractivity contribution in [2.75, 3.05) is 0 Å². The highest BCUT2D eigenvalue weighted by Crippen LogP contribution is 2.29. The van der Waals surface area contributed by atoms with E-state index in [4.69, 9.17) is 4.74 Å². The Bertz CT molecular complexity index is 799.